The van der Waals surface area contributed by atoms with Gasteiger partial charge in [-0.15, -0.1) is 11.3 Å². The largest absolute Gasteiger partial charge is 0.345 e. The van der Waals surface area contributed by atoms with E-state index in [1.165, 1.54) is 0 Å². The van der Waals surface area contributed by atoms with E-state index >= 15 is 0 Å². The Bertz CT molecular complexity index is 554. The molecule has 0 radical (unpaired) electrons. The van der Waals surface area contributed by atoms with Crippen molar-refractivity contribution in [3.8, 4) is 0 Å². The zero-order valence-corrected chi connectivity index (χ0v) is 13.1. The summed E-state index contributed by atoms with van der Waals surface area (Å²) in [6, 6.07) is 9.18. The summed E-state index contributed by atoms with van der Waals surface area (Å²) in [5, 5.41) is 5.86. The summed E-state index contributed by atoms with van der Waals surface area (Å²) in [5.41, 5.74) is 7.09. The third kappa shape index (κ3) is 4.37. The number of nitrogens with one attached hydrogen (secondary N) is 1. The van der Waals surface area contributed by atoms with Gasteiger partial charge in [-0.2, -0.15) is 0 Å². The molecule has 0 bridgehead atoms. The van der Waals surface area contributed by atoms with Crippen molar-refractivity contribution in [1.29, 1.82) is 0 Å². The molecule has 0 fully saturated rings. The first-order chi connectivity index (χ1) is 10.1. The second kappa shape index (κ2) is 7.33. The van der Waals surface area contributed by atoms with Gasteiger partial charge < -0.3 is 11.1 Å². The molecule has 1 heterocycles. The van der Waals surface area contributed by atoms with Gasteiger partial charge in [0.1, 0.15) is 5.01 Å². The molecule has 3 N–H and O–H groups in total. The van der Waals surface area contributed by atoms with E-state index in [1.807, 2.05) is 35.7 Å². The summed E-state index contributed by atoms with van der Waals surface area (Å²) >= 11 is 1.55. The molecule has 0 aliphatic heterocycles. The molecular weight excluding hydrogens is 282 g/mol. The van der Waals surface area contributed by atoms with E-state index in [4.69, 9.17) is 5.73 Å². The molecule has 1 aromatic carbocycles. The summed E-state index contributed by atoms with van der Waals surface area (Å²) < 4.78 is 0. The maximum absolute atomic E-state index is 12.3. The predicted octanol–water partition coefficient (Wildman–Crippen LogP) is 2.53. The van der Waals surface area contributed by atoms with Crippen molar-refractivity contribution in [3.63, 3.8) is 0 Å². The topological polar surface area (TPSA) is 68.0 Å². The van der Waals surface area contributed by atoms with Gasteiger partial charge in [0, 0.05) is 11.6 Å². The van der Waals surface area contributed by atoms with Crippen LogP contribution in [0, 0.1) is 5.92 Å². The molecule has 0 saturated heterocycles. The smallest absolute Gasteiger partial charge is 0.237 e. The Labute approximate surface area is 129 Å². The Hall–Kier alpha value is -1.72. The quantitative estimate of drug-likeness (QED) is 0.861. The van der Waals surface area contributed by atoms with Crippen LogP contribution in [0.5, 0.6) is 0 Å². The number of amides is 1. The molecule has 0 aliphatic rings. The number of nitrogens with zero attached hydrogens (tertiary/aromatic N) is 1. The fourth-order valence-electron chi connectivity index (χ4n) is 2.12. The fourth-order valence-corrected chi connectivity index (χ4v) is 2.98. The van der Waals surface area contributed by atoms with Crippen LogP contribution in [0.2, 0.25) is 0 Å². The predicted molar refractivity (Wildman–Crippen MR) is 86.0 cm³/mol. The van der Waals surface area contributed by atoms with Crippen LogP contribution >= 0.6 is 11.3 Å². The van der Waals surface area contributed by atoms with Crippen LogP contribution in [0.15, 0.2) is 41.9 Å². The van der Waals surface area contributed by atoms with Gasteiger partial charge in [0.25, 0.3) is 0 Å². The molecule has 0 unspecified atom stereocenters. The normalized spacial score (nSPS) is 13.9. The van der Waals surface area contributed by atoms with E-state index in [1.54, 1.807) is 17.5 Å². The van der Waals surface area contributed by atoms with Crippen molar-refractivity contribution in [2.75, 3.05) is 0 Å². The van der Waals surface area contributed by atoms with Gasteiger partial charge in [0.15, 0.2) is 0 Å². The molecule has 0 aliphatic carbocycles. The molecule has 21 heavy (non-hydrogen) atoms. The van der Waals surface area contributed by atoms with E-state index in [0.717, 1.165) is 10.6 Å². The third-order valence-corrected chi connectivity index (χ3v) is 4.18. The van der Waals surface area contributed by atoms with Crippen molar-refractivity contribution in [1.82, 2.24) is 10.3 Å². The lowest BCUT2D eigenvalue weighted by atomic mass is 10.0. The molecule has 2 aromatic rings. The molecule has 1 amide bonds. The minimum absolute atomic E-state index is 0.0840. The highest BCUT2D eigenvalue weighted by Crippen LogP contribution is 2.23. The van der Waals surface area contributed by atoms with Crippen molar-refractivity contribution >= 4 is 17.2 Å². The fraction of sp³-hybridized carbons (Fsp3) is 0.375. The number of carbonyl (C=O) groups excluding carboxylic acids is 1. The van der Waals surface area contributed by atoms with E-state index in [0.29, 0.717) is 6.42 Å². The molecule has 112 valence electrons. The number of hydrogen-bond acceptors (Lipinski definition) is 4. The highest BCUT2D eigenvalue weighted by molar-refractivity contribution is 7.09. The number of carbonyl (C=O) groups is 1. The summed E-state index contributed by atoms with van der Waals surface area (Å²) in [5.74, 6) is 0.136. The minimum Gasteiger partial charge on any atom is -0.345 e. The maximum atomic E-state index is 12.3. The lowest BCUT2D eigenvalue weighted by Crippen LogP contribution is -2.44. The van der Waals surface area contributed by atoms with E-state index in [9.17, 15) is 4.79 Å². The van der Waals surface area contributed by atoms with Crippen LogP contribution in [0.3, 0.4) is 0 Å². The Balaban J connectivity index is 1.99. The van der Waals surface area contributed by atoms with E-state index in [2.05, 4.69) is 24.1 Å². The standard InChI is InChI=1S/C16H21N3OS/c1-11(2)14(16-18-8-9-21-16)19-15(20)13(17)10-12-6-4-3-5-7-12/h3-9,11,13-14H,10,17H2,1-2H3,(H,19,20)/t13-,14-/m0/s1. The molecule has 0 spiro atoms. The van der Waals surface area contributed by atoms with Crippen molar-refractivity contribution in [2.24, 2.45) is 11.7 Å². The van der Waals surface area contributed by atoms with Crippen molar-refractivity contribution < 1.29 is 4.79 Å². The van der Waals surface area contributed by atoms with Crippen molar-refractivity contribution in [3.05, 3.63) is 52.5 Å². The van der Waals surface area contributed by atoms with Gasteiger partial charge in [0.2, 0.25) is 5.91 Å². The molecule has 0 saturated carbocycles. The average Bonchev–Trinajstić information content (AvgIpc) is 2.99. The molecule has 2 atom stereocenters. The summed E-state index contributed by atoms with van der Waals surface area (Å²) in [6.07, 6.45) is 2.29. The van der Waals surface area contributed by atoms with Crippen LogP contribution in [-0.4, -0.2) is 16.9 Å². The lowest BCUT2D eigenvalue weighted by Gasteiger charge is -2.22. The first-order valence-corrected chi connectivity index (χ1v) is 7.95. The molecule has 2 rings (SSSR count). The molecular formula is C16H21N3OS. The van der Waals surface area contributed by atoms with Gasteiger partial charge in [0.05, 0.1) is 12.1 Å². The van der Waals surface area contributed by atoms with E-state index < -0.39 is 6.04 Å². The summed E-state index contributed by atoms with van der Waals surface area (Å²) in [6.45, 7) is 4.13. The number of hydrogen-bond donors (Lipinski definition) is 2. The van der Waals surface area contributed by atoms with Crippen LogP contribution in [0.25, 0.3) is 0 Å². The Morgan fingerprint density at radius 3 is 2.62 bits per heavy atom. The van der Waals surface area contributed by atoms with Gasteiger partial charge in [-0.1, -0.05) is 44.2 Å². The Morgan fingerprint density at radius 1 is 1.33 bits per heavy atom. The van der Waals surface area contributed by atoms with E-state index in [-0.39, 0.29) is 17.9 Å². The van der Waals surface area contributed by atoms with Gasteiger partial charge in [-0.3, -0.25) is 4.79 Å². The molecule has 1 aromatic heterocycles. The first kappa shape index (κ1) is 15.7. The van der Waals surface area contributed by atoms with Crippen LogP contribution in [-0.2, 0) is 11.2 Å². The average molecular weight is 303 g/mol. The Morgan fingerprint density at radius 2 is 2.05 bits per heavy atom. The minimum atomic E-state index is -0.548. The maximum Gasteiger partial charge on any atom is 0.237 e. The Kier molecular flexibility index (Phi) is 5.47. The highest BCUT2D eigenvalue weighted by atomic mass is 32.1. The second-order valence-electron chi connectivity index (χ2n) is 5.40. The zero-order chi connectivity index (χ0) is 15.2. The van der Waals surface area contributed by atoms with Crippen LogP contribution < -0.4 is 11.1 Å². The van der Waals surface area contributed by atoms with Gasteiger partial charge in [-0.05, 0) is 17.9 Å². The van der Waals surface area contributed by atoms with Crippen LogP contribution in [0.1, 0.15) is 30.5 Å². The zero-order valence-electron chi connectivity index (χ0n) is 12.3. The van der Waals surface area contributed by atoms with Crippen molar-refractivity contribution in [2.45, 2.75) is 32.4 Å². The SMILES string of the molecule is CC(C)[C@H](NC(=O)[C@@H](N)Cc1ccccc1)c1nccs1. The van der Waals surface area contributed by atoms with Crippen LogP contribution in [0.4, 0.5) is 0 Å². The number of benzene rings is 1. The number of nitrogens with two attached hydrogens (primary N) is 1. The number of aromatic nitrogens is 1. The first-order valence-electron chi connectivity index (χ1n) is 7.07. The second-order valence-corrected chi connectivity index (χ2v) is 6.32. The third-order valence-electron chi connectivity index (χ3n) is 3.32. The highest BCUT2D eigenvalue weighted by Gasteiger charge is 2.23. The number of thiazole rings is 1. The summed E-state index contributed by atoms with van der Waals surface area (Å²) in [4.78, 5) is 16.6. The lowest BCUT2D eigenvalue weighted by molar-refractivity contribution is -0.123. The van der Waals surface area contributed by atoms with Gasteiger partial charge >= 0.3 is 0 Å². The monoisotopic (exact) mass is 303 g/mol. The number of rotatable bonds is 6. The summed E-state index contributed by atoms with van der Waals surface area (Å²) in [7, 11) is 0. The van der Waals surface area contributed by atoms with Gasteiger partial charge in [-0.25, -0.2) is 4.98 Å². The molecule has 5 heteroatoms. The molecule has 4 nitrogen and oxygen atoms in total.